The van der Waals surface area contributed by atoms with Gasteiger partial charge < -0.3 is 5.73 Å². The molecule has 0 spiro atoms. The molecule has 0 fully saturated rings. The fraction of sp³-hybridized carbons (Fsp3) is 0.571. The highest BCUT2D eigenvalue weighted by molar-refractivity contribution is 5.29. The maximum absolute atomic E-state index is 5.76. The second kappa shape index (κ2) is 4.80. The minimum Gasteiger partial charge on any atom is -0.325 e. The first-order valence-corrected chi connectivity index (χ1v) is 5.71. The summed E-state index contributed by atoms with van der Waals surface area (Å²) in [6.45, 7) is 8.82. The van der Waals surface area contributed by atoms with E-state index in [2.05, 4.69) is 45.1 Å². The van der Waals surface area contributed by atoms with Crippen LogP contribution >= 0.6 is 0 Å². The Balaban J connectivity index is 2.64. The molecule has 1 heteroatoms. The molecule has 1 rings (SSSR count). The van der Waals surface area contributed by atoms with Crippen molar-refractivity contribution >= 4 is 0 Å². The lowest BCUT2D eigenvalue weighted by Crippen LogP contribution is -2.16. The van der Waals surface area contributed by atoms with Crippen molar-refractivity contribution in [3.05, 3.63) is 35.5 Å². The quantitative estimate of drug-likeness (QED) is 0.697. The lowest BCUT2D eigenvalue weighted by atomic mass is 9.78. The van der Waals surface area contributed by atoms with Crippen molar-refractivity contribution in [1.82, 2.24) is 0 Å². The van der Waals surface area contributed by atoms with Gasteiger partial charge in [-0.1, -0.05) is 49.3 Å². The zero-order valence-corrected chi connectivity index (χ0v) is 10.4. The van der Waals surface area contributed by atoms with E-state index in [0.717, 1.165) is 12.8 Å². The van der Waals surface area contributed by atoms with Crippen molar-refractivity contribution in [2.24, 2.45) is 11.1 Å². The minimum absolute atomic E-state index is 0.163. The monoisotopic (exact) mass is 205 g/mol. The van der Waals surface area contributed by atoms with E-state index in [0.29, 0.717) is 0 Å². The van der Waals surface area contributed by atoms with E-state index in [1.165, 1.54) is 11.1 Å². The van der Waals surface area contributed by atoms with Crippen LogP contribution in [0.25, 0.3) is 0 Å². The van der Waals surface area contributed by atoms with Crippen LogP contribution in [-0.2, 0) is 0 Å². The first kappa shape index (κ1) is 12.3. The van der Waals surface area contributed by atoms with Gasteiger partial charge in [-0.05, 0) is 32.1 Å². The number of rotatable bonds is 4. The third-order valence-electron chi connectivity index (χ3n) is 2.91. The van der Waals surface area contributed by atoms with Gasteiger partial charge in [-0.3, -0.25) is 0 Å². The summed E-state index contributed by atoms with van der Waals surface area (Å²) in [4.78, 5) is 0. The molecule has 0 saturated heterocycles. The molecule has 1 atom stereocenters. The lowest BCUT2D eigenvalue weighted by molar-refractivity contribution is 0.435. The SMILES string of the molecule is CC(=CC(C)N)CC(C)(C)C1=CC=CC1. The summed E-state index contributed by atoms with van der Waals surface area (Å²) >= 11 is 0. The average Bonchev–Trinajstić information content (AvgIpc) is 2.51. The number of hydrogen-bond acceptors (Lipinski definition) is 1. The summed E-state index contributed by atoms with van der Waals surface area (Å²) in [6.07, 6.45) is 11.0. The number of nitrogens with two attached hydrogens (primary N) is 1. The predicted molar refractivity (Wildman–Crippen MR) is 67.6 cm³/mol. The van der Waals surface area contributed by atoms with E-state index in [1.54, 1.807) is 0 Å². The summed E-state index contributed by atoms with van der Waals surface area (Å²) in [5.41, 5.74) is 8.94. The van der Waals surface area contributed by atoms with Crippen molar-refractivity contribution in [2.75, 3.05) is 0 Å². The molecular formula is C14H23N. The zero-order valence-electron chi connectivity index (χ0n) is 10.4. The fourth-order valence-electron chi connectivity index (χ4n) is 2.27. The highest BCUT2D eigenvalue weighted by atomic mass is 14.6. The molecule has 1 aliphatic carbocycles. The van der Waals surface area contributed by atoms with Gasteiger partial charge in [0.15, 0.2) is 0 Å². The summed E-state index contributed by atoms with van der Waals surface area (Å²) in [5.74, 6) is 0. The molecule has 1 aliphatic rings. The largest absolute Gasteiger partial charge is 0.325 e. The van der Waals surface area contributed by atoms with E-state index in [-0.39, 0.29) is 11.5 Å². The summed E-state index contributed by atoms with van der Waals surface area (Å²) in [5, 5.41) is 0. The molecule has 0 aromatic heterocycles. The summed E-state index contributed by atoms with van der Waals surface area (Å²) in [6, 6.07) is 0.163. The van der Waals surface area contributed by atoms with Crippen LogP contribution in [0.2, 0.25) is 0 Å². The number of hydrogen-bond donors (Lipinski definition) is 1. The van der Waals surface area contributed by atoms with Gasteiger partial charge in [-0.2, -0.15) is 0 Å². The summed E-state index contributed by atoms with van der Waals surface area (Å²) in [7, 11) is 0. The molecule has 0 bridgehead atoms. The van der Waals surface area contributed by atoms with Gasteiger partial charge in [-0.15, -0.1) is 0 Å². The zero-order chi connectivity index (χ0) is 11.5. The van der Waals surface area contributed by atoms with E-state index in [4.69, 9.17) is 5.73 Å². The molecule has 0 aliphatic heterocycles. The van der Waals surface area contributed by atoms with Gasteiger partial charge in [-0.25, -0.2) is 0 Å². The highest BCUT2D eigenvalue weighted by Crippen LogP contribution is 2.37. The van der Waals surface area contributed by atoms with Crippen molar-refractivity contribution in [1.29, 1.82) is 0 Å². The molecule has 0 aromatic rings. The van der Waals surface area contributed by atoms with Crippen LogP contribution in [0, 0.1) is 5.41 Å². The maximum Gasteiger partial charge on any atom is 0.0197 e. The Kier molecular flexibility index (Phi) is 3.92. The van der Waals surface area contributed by atoms with E-state index < -0.39 is 0 Å². The Morgan fingerprint density at radius 3 is 2.73 bits per heavy atom. The van der Waals surface area contributed by atoms with Crippen molar-refractivity contribution in [3.8, 4) is 0 Å². The highest BCUT2D eigenvalue weighted by Gasteiger charge is 2.23. The van der Waals surface area contributed by atoms with Crippen LogP contribution in [0.4, 0.5) is 0 Å². The Hall–Kier alpha value is -0.820. The van der Waals surface area contributed by atoms with Gasteiger partial charge in [0.05, 0.1) is 0 Å². The Labute approximate surface area is 93.7 Å². The van der Waals surface area contributed by atoms with Crippen LogP contribution in [0.1, 0.15) is 40.5 Å². The smallest absolute Gasteiger partial charge is 0.0197 e. The van der Waals surface area contributed by atoms with Gasteiger partial charge in [0, 0.05) is 6.04 Å². The van der Waals surface area contributed by atoms with E-state index in [1.807, 2.05) is 6.92 Å². The second-order valence-electron chi connectivity index (χ2n) is 5.26. The molecule has 1 nitrogen and oxygen atoms in total. The molecule has 0 radical (unpaired) electrons. The predicted octanol–water partition coefficient (Wildman–Crippen LogP) is 3.58. The minimum atomic E-state index is 0.163. The third kappa shape index (κ3) is 3.67. The van der Waals surface area contributed by atoms with Crippen LogP contribution in [-0.4, -0.2) is 6.04 Å². The van der Waals surface area contributed by atoms with Gasteiger partial charge in [0.1, 0.15) is 0 Å². The van der Waals surface area contributed by atoms with Crippen LogP contribution in [0.3, 0.4) is 0 Å². The molecule has 15 heavy (non-hydrogen) atoms. The van der Waals surface area contributed by atoms with Gasteiger partial charge in [0.2, 0.25) is 0 Å². The van der Waals surface area contributed by atoms with Crippen molar-refractivity contribution in [3.63, 3.8) is 0 Å². The first-order chi connectivity index (χ1) is 6.92. The average molecular weight is 205 g/mol. The molecular weight excluding hydrogens is 182 g/mol. The molecule has 1 unspecified atom stereocenters. The van der Waals surface area contributed by atoms with E-state index in [9.17, 15) is 0 Å². The van der Waals surface area contributed by atoms with Crippen molar-refractivity contribution < 1.29 is 0 Å². The molecule has 2 N–H and O–H groups in total. The molecule has 84 valence electrons. The molecule has 0 amide bonds. The van der Waals surface area contributed by atoms with Crippen LogP contribution < -0.4 is 5.73 Å². The topological polar surface area (TPSA) is 26.0 Å². The molecule has 0 saturated carbocycles. The number of allylic oxidation sites excluding steroid dienone is 5. The maximum atomic E-state index is 5.76. The Morgan fingerprint density at radius 1 is 1.60 bits per heavy atom. The Bertz CT molecular complexity index is 303. The molecule has 0 heterocycles. The normalized spacial score (nSPS) is 19.3. The fourth-order valence-corrected chi connectivity index (χ4v) is 2.27. The third-order valence-corrected chi connectivity index (χ3v) is 2.91. The van der Waals surface area contributed by atoms with Crippen LogP contribution in [0.15, 0.2) is 35.5 Å². The van der Waals surface area contributed by atoms with Crippen LogP contribution in [0.5, 0.6) is 0 Å². The Morgan fingerprint density at radius 2 is 2.27 bits per heavy atom. The molecule has 0 aromatic carbocycles. The lowest BCUT2D eigenvalue weighted by Gasteiger charge is -2.27. The van der Waals surface area contributed by atoms with Gasteiger partial charge >= 0.3 is 0 Å². The van der Waals surface area contributed by atoms with E-state index >= 15 is 0 Å². The standard InChI is InChI=1S/C14H23N/c1-11(9-12(2)15)10-14(3,4)13-7-5-6-8-13/h5-7,9,12H,8,10,15H2,1-4H3. The first-order valence-electron chi connectivity index (χ1n) is 5.71. The second-order valence-corrected chi connectivity index (χ2v) is 5.26. The van der Waals surface area contributed by atoms with Crippen molar-refractivity contribution in [2.45, 2.75) is 46.6 Å². The van der Waals surface area contributed by atoms with Gasteiger partial charge in [0.25, 0.3) is 0 Å². The summed E-state index contributed by atoms with van der Waals surface area (Å²) < 4.78 is 0.